The van der Waals surface area contributed by atoms with Crippen molar-refractivity contribution in [1.29, 1.82) is 0 Å². The standard InChI is InChI=1S/C12H18FN3/c1-9-4-6-16(8-10(9)7-14)12-11(13)3-2-5-15-12/h2-3,5,9-10H,4,6-8,14H2,1H3. The molecule has 1 fully saturated rings. The number of halogens is 1. The Hall–Kier alpha value is -1.16. The third-order valence-corrected chi connectivity index (χ3v) is 3.46. The van der Waals surface area contributed by atoms with Crippen molar-refractivity contribution in [2.24, 2.45) is 17.6 Å². The van der Waals surface area contributed by atoms with E-state index in [-0.39, 0.29) is 5.82 Å². The van der Waals surface area contributed by atoms with Crippen LogP contribution in [0.25, 0.3) is 0 Å². The minimum absolute atomic E-state index is 0.243. The number of hydrogen-bond acceptors (Lipinski definition) is 3. The van der Waals surface area contributed by atoms with E-state index < -0.39 is 0 Å². The lowest BCUT2D eigenvalue weighted by Crippen LogP contribution is -2.43. The molecule has 0 aromatic carbocycles. The number of anilines is 1. The third kappa shape index (κ3) is 2.16. The summed E-state index contributed by atoms with van der Waals surface area (Å²) in [5.41, 5.74) is 5.73. The SMILES string of the molecule is CC1CCN(c2ncccc2F)CC1CN. The van der Waals surface area contributed by atoms with E-state index >= 15 is 0 Å². The first-order valence-electron chi connectivity index (χ1n) is 5.78. The highest BCUT2D eigenvalue weighted by atomic mass is 19.1. The maximum absolute atomic E-state index is 13.6. The van der Waals surface area contributed by atoms with Gasteiger partial charge < -0.3 is 10.6 Å². The molecule has 0 amide bonds. The number of nitrogens with two attached hydrogens (primary N) is 1. The van der Waals surface area contributed by atoms with E-state index in [1.54, 1.807) is 12.3 Å². The molecule has 2 N–H and O–H groups in total. The van der Waals surface area contributed by atoms with Gasteiger partial charge in [0.05, 0.1) is 0 Å². The lowest BCUT2D eigenvalue weighted by molar-refractivity contribution is 0.305. The van der Waals surface area contributed by atoms with Crippen molar-refractivity contribution >= 4 is 5.82 Å². The van der Waals surface area contributed by atoms with Gasteiger partial charge in [0.2, 0.25) is 0 Å². The van der Waals surface area contributed by atoms with Gasteiger partial charge in [-0.15, -0.1) is 0 Å². The third-order valence-electron chi connectivity index (χ3n) is 3.46. The molecule has 4 heteroatoms. The van der Waals surface area contributed by atoms with Crippen molar-refractivity contribution in [2.45, 2.75) is 13.3 Å². The van der Waals surface area contributed by atoms with Gasteiger partial charge in [-0.05, 0) is 36.9 Å². The van der Waals surface area contributed by atoms with Crippen LogP contribution in [0.4, 0.5) is 10.2 Å². The lowest BCUT2D eigenvalue weighted by Gasteiger charge is -2.37. The summed E-state index contributed by atoms with van der Waals surface area (Å²) in [5, 5.41) is 0. The van der Waals surface area contributed by atoms with Crippen LogP contribution in [-0.4, -0.2) is 24.6 Å². The van der Waals surface area contributed by atoms with Gasteiger partial charge in [0.15, 0.2) is 11.6 Å². The summed E-state index contributed by atoms with van der Waals surface area (Å²) in [6.45, 7) is 4.55. The highest BCUT2D eigenvalue weighted by Crippen LogP contribution is 2.26. The van der Waals surface area contributed by atoms with E-state index in [9.17, 15) is 4.39 Å². The van der Waals surface area contributed by atoms with Gasteiger partial charge in [0.1, 0.15) is 0 Å². The van der Waals surface area contributed by atoms with Crippen LogP contribution < -0.4 is 10.6 Å². The minimum atomic E-state index is -0.243. The van der Waals surface area contributed by atoms with Crippen molar-refractivity contribution in [3.8, 4) is 0 Å². The van der Waals surface area contributed by atoms with Crippen LogP contribution >= 0.6 is 0 Å². The van der Waals surface area contributed by atoms with Gasteiger partial charge >= 0.3 is 0 Å². The molecule has 16 heavy (non-hydrogen) atoms. The van der Waals surface area contributed by atoms with Crippen molar-refractivity contribution in [1.82, 2.24) is 4.98 Å². The Labute approximate surface area is 95.5 Å². The Morgan fingerprint density at radius 3 is 3.12 bits per heavy atom. The van der Waals surface area contributed by atoms with Crippen LogP contribution in [-0.2, 0) is 0 Å². The Morgan fingerprint density at radius 2 is 2.44 bits per heavy atom. The van der Waals surface area contributed by atoms with Crippen molar-refractivity contribution < 1.29 is 4.39 Å². The van der Waals surface area contributed by atoms with Crippen LogP contribution in [0.5, 0.6) is 0 Å². The normalized spacial score (nSPS) is 25.8. The van der Waals surface area contributed by atoms with Gasteiger partial charge in [-0.25, -0.2) is 9.37 Å². The van der Waals surface area contributed by atoms with E-state index in [2.05, 4.69) is 11.9 Å². The predicted octanol–water partition coefficient (Wildman–Crippen LogP) is 1.64. The number of aromatic nitrogens is 1. The average molecular weight is 223 g/mol. The highest BCUT2D eigenvalue weighted by molar-refractivity contribution is 5.40. The maximum Gasteiger partial charge on any atom is 0.165 e. The largest absolute Gasteiger partial charge is 0.354 e. The fourth-order valence-electron chi connectivity index (χ4n) is 2.26. The number of rotatable bonds is 2. The monoisotopic (exact) mass is 223 g/mol. The first-order chi connectivity index (χ1) is 7.72. The first kappa shape index (κ1) is 11.3. The highest BCUT2D eigenvalue weighted by Gasteiger charge is 2.26. The summed E-state index contributed by atoms with van der Waals surface area (Å²) in [5.74, 6) is 1.28. The second-order valence-electron chi connectivity index (χ2n) is 4.52. The average Bonchev–Trinajstić information content (AvgIpc) is 2.31. The van der Waals surface area contributed by atoms with Crippen LogP contribution in [0, 0.1) is 17.7 Å². The topological polar surface area (TPSA) is 42.2 Å². The number of nitrogens with zero attached hydrogens (tertiary/aromatic N) is 2. The molecule has 1 aromatic rings. The van der Waals surface area contributed by atoms with Crippen LogP contribution in [0.2, 0.25) is 0 Å². The van der Waals surface area contributed by atoms with Gasteiger partial charge in [-0.1, -0.05) is 6.92 Å². The maximum atomic E-state index is 13.6. The molecule has 3 nitrogen and oxygen atoms in total. The molecule has 2 heterocycles. The molecule has 0 spiro atoms. The summed E-state index contributed by atoms with van der Waals surface area (Å²) in [4.78, 5) is 6.11. The van der Waals surface area contributed by atoms with Crippen LogP contribution in [0.3, 0.4) is 0 Å². The summed E-state index contributed by atoms with van der Waals surface area (Å²) in [6, 6.07) is 3.07. The van der Waals surface area contributed by atoms with E-state index in [0.717, 1.165) is 19.5 Å². The Balaban J connectivity index is 2.14. The molecule has 1 aliphatic heterocycles. The second kappa shape index (κ2) is 4.78. The van der Waals surface area contributed by atoms with E-state index in [1.165, 1.54) is 6.07 Å². The van der Waals surface area contributed by atoms with Crippen molar-refractivity contribution in [3.05, 3.63) is 24.1 Å². The zero-order valence-corrected chi connectivity index (χ0v) is 9.56. The molecule has 88 valence electrons. The summed E-state index contributed by atoms with van der Waals surface area (Å²) in [7, 11) is 0. The number of pyridine rings is 1. The molecule has 1 aliphatic rings. The molecule has 1 aromatic heterocycles. The molecule has 2 rings (SSSR count). The minimum Gasteiger partial charge on any atom is -0.354 e. The Bertz CT molecular complexity index is 356. The molecule has 2 unspecified atom stereocenters. The molecule has 1 saturated heterocycles. The Morgan fingerprint density at radius 1 is 1.62 bits per heavy atom. The predicted molar refractivity (Wildman–Crippen MR) is 62.7 cm³/mol. The van der Waals surface area contributed by atoms with Crippen LogP contribution in [0.1, 0.15) is 13.3 Å². The van der Waals surface area contributed by atoms with Crippen molar-refractivity contribution in [2.75, 3.05) is 24.5 Å². The molecular formula is C12H18FN3. The number of hydrogen-bond donors (Lipinski definition) is 1. The summed E-state index contributed by atoms with van der Waals surface area (Å²) < 4.78 is 13.6. The zero-order valence-electron chi connectivity index (χ0n) is 9.56. The Kier molecular flexibility index (Phi) is 3.39. The molecule has 0 aliphatic carbocycles. The first-order valence-corrected chi connectivity index (χ1v) is 5.78. The van der Waals surface area contributed by atoms with Gasteiger partial charge in [0.25, 0.3) is 0 Å². The van der Waals surface area contributed by atoms with Gasteiger partial charge in [-0.2, -0.15) is 0 Å². The van der Waals surface area contributed by atoms with Crippen molar-refractivity contribution in [3.63, 3.8) is 0 Å². The summed E-state index contributed by atoms with van der Waals surface area (Å²) >= 11 is 0. The van der Waals surface area contributed by atoms with Gasteiger partial charge in [-0.3, -0.25) is 0 Å². The van der Waals surface area contributed by atoms with E-state index in [0.29, 0.717) is 24.2 Å². The molecule has 2 atom stereocenters. The quantitative estimate of drug-likeness (QED) is 0.828. The lowest BCUT2D eigenvalue weighted by atomic mass is 9.87. The molecule has 0 radical (unpaired) electrons. The van der Waals surface area contributed by atoms with Crippen LogP contribution in [0.15, 0.2) is 18.3 Å². The second-order valence-corrected chi connectivity index (χ2v) is 4.52. The van der Waals surface area contributed by atoms with E-state index in [1.807, 2.05) is 4.90 Å². The molecule has 0 bridgehead atoms. The smallest absolute Gasteiger partial charge is 0.165 e. The molecular weight excluding hydrogens is 205 g/mol. The fourth-order valence-corrected chi connectivity index (χ4v) is 2.26. The number of piperidine rings is 1. The van der Waals surface area contributed by atoms with E-state index in [4.69, 9.17) is 5.73 Å². The van der Waals surface area contributed by atoms with Gasteiger partial charge in [0, 0.05) is 19.3 Å². The molecule has 0 saturated carbocycles. The zero-order chi connectivity index (χ0) is 11.5. The fraction of sp³-hybridized carbons (Fsp3) is 0.583. The summed E-state index contributed by atoms with van der Waals surface area (Å²) in [6.07, 6.45) is 2.69.